The maximum atomic E-state index is 13.2. The van der Waals surface area contributed by atoms with Crippen LogP contribution < -0.4 is 14.3 Å². The van der Waals surface area contributed by atoms with Crippen molar-refractivity contribution < 1.29 is 27.5 Å². The fourth-order valence-electron chi connectivity index (χ4n) is 3.72. The minimum absolute atomic E-state index is 0.0506. The number of nitrogens with one attached hydrogen (secondary N) is 1. The molecule has 0 spiro atoms. The Labute approximate surface area is 224 Å². The fraction of sp³-hybridized carbons (Fsp3) is 0.222. The minimum atomic E-state index is -3.89. The zero-order valence-electron chi connectivity index (χ0n) is 21.3. The summed E-state index contributed by atoms with van der Waals surface area (Å²) >= 11 is 1.29. The lowest BCUT2D eigenvalue weighted by Crippen LogP contribution is -2.22. The Bertz CT molecular complexity index is 1670. The molecule has 0 unspecified atom stereocenters. The highest BCUT2D eigenvalue weighted by atomic mass is 32.2. The second kappa shape index (κ2) is 11.2. The minimum Gasteiger partial charge on any atom is -0.497 e. The predicted octanol–water partition coefficient (Wildman–Crippen LogP) is 4.55. The molecule has 1 aromatic heterocycles. The molecule has 0 aliphatic heterocycles. The van der Waals surface area contributed by atoms with Gasteiger partial charge in [0, 0.05) is 11.3 Å². The summed E-state index contributed by atoms with van der Waals surface area (Å²) in [5.74, 6) is -0.211. The molecule has 0 atom stereocenters. The van der Waals surface area contributed by atoms with Crippen molar-refractivity contribution >= 4 is 49.1 Å². The molecule has 4 rings (SSSR count). The Hall–Kier alpha value is -3.96. The van der Waals surface area contributed by atoms with Gasteiger partial charge >= 0.3 is 5.97 Å². The highest BCUT2D eigenvalue weighted by molar-refractivity contribution is 7.92. The number of ether oxygens (including phenoxy) is 2. The number of thiazole rings is 1. The van der Waals surface area contributed by atoms with Crippen LogP contribution in [-0.4, -0.2) is 39.1 Å². The van der Waals surface area contributed by atoms with Gasteiger partial charge in [0.05, 0.1) is 29.3 Å². The molecule has 9 nitrogen and oxygen atoms in total. The number of sulfonamides is 1. The molecule has 38 heavy (non-hydrogen) atoms. The van der Waals surface area contributed by atoms with Crippen molar-refractivity contribution in [3.63, 3.8) is 0 Å². The van der Waals surface area contributed by atoms with Gasteiger partial charge in [-0.05, 0) is 66.1 Å². The standard InChI is InChI=1S/C27H27N3O6S2/c1-17(2)18-8-13-23-24(15-18)37-27(30(23)16-25(31)36-4)28-26(32)19-6-5-7-20(14-19)29-38(33,34)22-11-9-21(35-3)10-12-22/h5-15,17,29H,16H2,1-4H3. The summed E-state index contributed by atoms with van der Waals surface area (Å²) in [6.45, 7) is 4.06. The van der Waals surface area contributed by atoms with Crippen molar-refractivity contribution in [2.45, 2.75) is 31.2 Å². The molecular formula is C27H27N3O6S2. The van der Waals surface area contributed by atoms with Gasteiger partial charge in [-0.1, -0.05) is 37.3 Å². The number of anilines is 1. The highest BCUT2D eigenvalue weighted by Gasteiger charge is 2.17. The molecular weight excluding hydrogens is 526 g/mol. The third-order valence-corrected chi connectivity index (χ3v) is 8.26. The largest absolute Gasteiger partial charge is 0.497 e. The normalized spacial score (nSPS) is 12.1. The average Bonchev–Trinajstić information content (AvgIpc) is 3.24. The van der Waals surface area contributed by atoms with Crippen LogP contribution in [0.25, 0.3) is 10.2 Å². The zero-order valence-corrected chi connectivity index (χ0v) is 22.9. The number of esters is 1. The molecule has 1 amide bonds. The average molecular weight is 554 g/mol. The van der Waals surface area contributed by atoms with Gasteiger partial charge in [-0.3, -0.25) is 14.3 Å². The van der Waals surface area contributed by atoms with Crippen molar-refractivity contribution in [1.82, 2.24) is 4.57 Å². The number of nitrogens with zero attached hydrogens (tertiary/aromatic N) is 2. The van der Waals surface area contributed by atoms with Gasteiger partial charge in [-0.15, -0.1) is 0 Å². The summed E-state index contributed by atoms with van der Waals surface area (Å²) in [6.07, 6.45) is 0. The monoisotopic (exact) mass is 553 g/mol. The van der Waals surface area contributed by atoms with Crippen LogP contribution in [0.1, 0.15) is 35.7 Å². The molecule has 11 heteroatoms. The van der Waals surface area contributed by atoms with Crippen molar-refractivity contribution in [2.75, 3.05) is 18.9 Å². The SMILES string of the molecule is COC(=O)Cn1c(=NC(=O)c2cccc(NS(=O)(=O)c3ccc(OC)cc3)c2)sc2cc(C(C)C)ccc21. The Morgan fingerprint density at radius 3 is 2.42 bits per heavy atom. The van der Waals surface area contributed by atoms with Crippen LogP contribution in [0.5, 0.6) is 5.75 Å². The van der Waals surface area contributed by atoms with Crippen molar-refractivity contribution in [3.05, 3.63) is 82.7 Å². The summed E-state index contributed by atoms with van der Waals surface area (Å²) in [5.41, 5.74) is 2.28. The van der Waals surface area contributed by atoms with Crippen LogP contribution in [0.15, 0.2) is 76.6 Å². The van der Waals surface area contributed by atoms with E-state index in [1.807, 2.05) is 18.2 Å². The van der Waals surface area contributed by atoms with Crippen molar-refractivity contribution in [3.8, 4) is 5.75 Å². The first-order valence-corrected chi connectivity index (χ1v) is 14.0. The first-order chi connectivity index (χ1) is 18.1. The van der Waals surface area contributed by atoms with Crippen LogP contribution in [0.3, 0.4) is 0 Å². The maximum absolute atomic E-state index is 13.2. The molecule has 0 fully saturated rings. The Kier molecular flexibility index (Phi) is 7.98. The molecule has 0 aliphatic rings. The number of carbonyl (C=O) groups is 2. The molecule has 1 heterocycles. The molecule has 0 aliphatic carbocycles. The third kappa shape index (κ3) is 5.95. The second-order valence-electron chi connectivity index (χ2n) is 8.71. The third-order valence-electron chi connectivity index (χ3n) is 5.82. The number of hydrogen-bond donors (Lipinski definition) is 1. The first-order valence-electron chi connectivity index (χ1n) is 11.7. The van der Waals surface area contributed by atoms with E-state index in [-0.39, 0.29) is 22.7 Å². The smallest absolute Gasteiger partial charge is 0.325 e. The molecule has 3 aromatic carbocycles. The van der Waals surface area contributed by atoms with Gasteiger partial charge in [0.1, 0.15) is 12.3 Å². The zero-order chi connectivity index (χ0) is 27.4. The van der Waals surface area contributed by atoms with Gasteiger partial charge in [0.2, 0.25) is 0 Å². The number of methoxy groups -OCH3 is 2. The predicted molar refractivity (Wildman–Crippen MR) is 146 cm³/mol. The molecule has 4 aromatic rings. The van der Waals surface area contributed by atoms with E-state index in [1.54, 1.807) is 34.9 Å². The molecule has 0 saturated carbocycles. The number of fused-ring (bicyclic) bond motifs is 1. The molecule has 0 bridgehead atoms. The quantitative estimate of drug-likeness (QED) is 0.320. The van der Waals surface area contributed by atoms with Crippen LogP contribution in [-0.2, 0) is 26.1 Å². The van der Waals surface area contributed by atoms with E-state index in [0.717, 1.165) is 15.8 Å². The van der Waals surface area contributed by atoms with Gasteiger partial charge in [-0.25, -0.2) is 8.42 Å². The molecule has 1 N–H and O–H groups in total. The lowest BCUT2D eigenvalue weighted by molar-refractivity contribution is -0.141. The van der Waals surface area contributed by atoms with E-state index < -0.39 is 21.9 Å². The van der Waals surface area contributed by atoms with E-state index in [4.69, 9.17) is 9.47 Å². The summed E-state index contributed by atoms with van der Waals surface area (Å²) in [6, 6.07) is 17.9. The van der Waals surface area contributed by atoms with Crippen molar-refractivity contribution in [2.24, 2.45) is 4.99 Å². The second-order valence-corrected chi connectivity index (χ2v) is 11.4. The summed E-state index contributed by atoms with van der Waals surface area (Å²) in [5, 5.41) is 0. The number of rotatable bonds is 8. The lowest BCUT2D eigenvalue weighted by Gasteiger charge is -2.09. The fourth-order valence-corrected chi connectivity index (χ4v) is 5.84. The van der Waals surface area contributed by atoms with Gasteiger partial charge < -0.3 is 14.0 Å². The lowest BCUT2D eigenvalue weighted by atomic mass is 10.0. The van der Waals surface area contributed by atoms with E-state index in [0.29, 0.717) is 16.5 Å². The van der Waals surface area contributed by atoms with E-state index in [9.17, 15) is 18.0 Å². The van der Waals surface area contributed by atoms with E-state index >= 15 is 0 Å². The summed E-state index contributed by atoms with van der Waals surface area (Å²) in [7, 11) is -1.10. The first kappa shape index (κ1) is 27.1. The summed E-state index contributed by atoms with van der Waals surface area (Å²) in [4.78, 5) is 29.9. The molecule has 0 saturated heterocycles. The highest BCUT2D eigenvalue weighted by Crippen LogP contribution is 2.24. The van der Waals surface area contributed by atoms with Gasteiger partial charge in [0.25, 0.3) is 15.9 Å². The van der Waals surface area contributed by atoms with Crippen LogP contribution in [0.4, 0.5) is 5.69 Å². The van der Waals surface area contributed by atoms with Gasteiger partial charge in [-0.2, -0.15) is 4.99 Å². The maximum Gasteiger partial charge on any atom is 0.325 e. The topological polar surface area (TPSA) is 116 Å². The number of carbonyl (C=O) groups excluding carboxylic acids is 2. The van der Waals surface area contributed by atoms with Crippen LogP contribution in [0.2, 0.25) is 0 Å². The van der Waals surface area contributed by atoms with Gasteiger partial charge in [0.15, 0.2) is 4.80 Å². The summed E-state index contributed by atoms with van der Waals surface area (Å²) < 4.78 is 40.6. The Morgan fingerprint density at radius 2 is 1.76 bits per heavy atom. The molecule has 198 valence electrons. The number of aromatic nitrogens is 1. The Morgan fingerprint density at radius 1 is 1.03 bits per heavy atom. The van der Waals surface area contributed by atoms with Crippen molar-refractivity contribution in [1.29, 1.82) is 0 Å². The molecule has 0 radical (unpaired) electrons. The van der Waals surface area contributed by atoms with E-state index in [2.05, 4.69) is 23.6 Å². The Balaban J connectivity index is 1.68. The van der Waals surface area contributed by atoms with Crippen LogP contribution >= 0.6 is 11.3 Å². The van der Waals surface area contributed by atoms with Crippen LogP contribution in [0, 0.1) is 0 Å². The van der Waals surface area contributed by atoms with E-state index in [1.165, 1.54) is 43.8 Å². The number of benzene rings is 3. The number of amides is 1. The number of hydrogen-bond acceptors (Lipinski definition) is 7.